The highest BCUT2D eigenvalue weighted by atomic mass is 32.2. The Morgan fingerprint density at radius 1 is 1.13 bits per heavy atom. The molecule has 8 nitrogen and oxygen atoms in total. The van der Waals surface area contributed by atoms with Crippen molar-refractivity contribution in [1.82, 2.24) is 0 Å². The van der Waals surface area contributed by atoms with Gasteiger partial charge in [0, 0.05) is 11.8 Å². The van der Waals surface area contributed by atoms with Gasteiger partial charge in [-0.05, 0) is 50.1 Å². The van der Waals surface area contributed by atoms with E-state index in [0.717, 1.165) is 16.1 Å². The summed E-state index contributed by atoms with van der Waals surface area (Å²) in [5.74, 6) is -0.543. The van der Waals surface area contributed by atoms with Gasteiger partial charge in [-0.15, -0.1) is 0 Å². The van der Waals surface area contributed by atoms with Gasteiger partial charge in [0.25, 0.3) is 0 Å². The topological polar surface area (TPSA) is 102 Å². The van der Waals surface area contributed by atoms with E-state index in [9.17, 15) is 18.0 Å². The quantitative estimate of drug-likeness (QED) is 0.590. The van der Waals surface area contributed by atoms with Crippen molar-refractivity contribution < 1.29 is 27.5 Å². The number of carbonyl (C=O) groups is 2. The van der Waals surface area contributed by atoms with Crippen molar-refractivity contribution in [3.8, 4) is 5.75 Å². The molecule has 168 valence electrons. The first kappa shape index (κ1) is 24.2. The fourth-order valence-corrected chi connectivity index (χ4v) is 4.33. The van der Waals surface area contributed by atoms with E-state index < -0.39 is 27.9 Å². The van der Waals surface area contributed by atoms with Crippen LogP contribution in [0.3, 0.4) is 0 Å². The molecule has 0 aromatic heterocycles. The lowest BCUT2D eigenvalue weighted by atomic mass is 10.1. The van der Waals surface area contributed by atoms with Gasteiger partial charge in [0.15, 0.2) is 0 Å². The Morgan fingerprint density at radius 3 is 2.42 bits per heavy atom. The number of hydrogen-bond donors (Lipinski definition) is 1. The van der Waals surface area contributed by atoms with E-state index in [2.05, 4.69) is 5.32 Å². The summed E-state index contributed by atoms with van der Waals surface area (Å²) in [5, 5.41) is 2.77. The number of hydrogen-bond acceptors (Lipinski definition) is 6. The van der Waals surface area contributed by atoms with Crippen molar-refractivity contribution in [3.05, 3.63) is 53.6 Å². The van der Waals surface area contributed by atoms with Crippen molar-refractivity contribution in [1.29, 1.82) is 0 Å². The van der Waals surface area contributed by atoms with Crippen LogP contribution in [-0.2, 0) is 19.6 Å². The zero-order valence-corrected chi connectivity index (χ0v) is 19.2. The monoisotopic (exact) mass is 448 g/mol. The molecule has 31 heavy (non-hydrogen) atoms. The van der Waals surface area contributed by atoms with Crippen molar-refractivity contribution in [2.24, 2.45) is 0 Å². The highest BCUT2D eigenvalue weighted by Gasteiger charge is 2.32. The third-order valence-corrected chi connectivity index (χ3v) is 5.82. The van der Waals surface area contributed by atoms with Gasteiger partial charge in [-0.3, -0.25) is 9.10 Å². The Bertz CT molecular complexity index is 1050. The molecule has 0 radical (unpaired) electrons. The molecule has 0 bridgehead atoms. The molecule has 0 aliphatic rings. The number of aryl methyl sites for hydroxylation is 1. The molecule has 1 atom stereocenters. The number of sulfonamides is 1. The maximum Gasteiger partial charge on any atom is 0.338 e. The second-order valence-corrected chi connectivity index (χ2v) is 8.78. The summed E-state index contributed by atoms with van der Waals surface area (Å²) in [4.78, 5) is 25.2. The highest BCUT2D eigenvalue weighted by molar-refractivity contribution is 7.92. The van der Waals surface area contributed by atoms with Gasteiger partial charge < -0.3 is 14.8 Å². The van der Waals surface area contributed by atoms with Crippen LogP contribution in [0, 0.1) is 6.92 Å². The zero-order valence-electron chi connectivity index (χ0n) is 18.3. The predicted octanol–water partition coefficient (Wildman–Crippen LogP) is 3.36. The van der Waals surface area contributed by atoms with Crippen LogP contribution in [-0.4, -0.2) is 46.3 Å². The molecule has 1 unspecified atom stereocenters. The maximum absolute atomic E-state index is 13.2. The Balaban J connectivity index is 2.40. The normalized spacial score (nSPS) is 12.0. The lowest BCUT2D eigenvalue weighted by Crippen LogP contribution is -2.47. The van der Waals surface area contributed by atoms with E-state index in [1.165, 1.54) is 13.2 Å². The summed E-state index contributed by atoms with van der Waals surface area (Å²) in [6.07, 6.45) is 1.28. The van der Waals surface area contributed by atoms with E-state index in [0.29, 0.717) is 22.7 Å². The standard InChI is InChI=1S/C22H28N2O6S/c1-6-20(24(31(5,27)28)17-9-8-10-18(14-17)29-4)21(25)23-19-13-16(12-11-15(19)3)22(26)30-7-2/h8-14,20H,6-7H2,1-5H3,(H,23,25). The number of methoxy groups -OCH3 is 1. The minimum Gasteiger partial charge on any atom is -0.497 e. The maximum atomic E-state index is 13.2. The molecule has 0 fully saturated rings. The molecule has 2 rings (SSSR count). The molecule has 0 aliphatic carbocycles. The number of ether oxygens (including phenoxy) is 2. The van der Waals surface area contributed by atoms with E-state index in [4.69, 9.17) is 9.47 Å². The first-order valence-electron chi connectivity index (χ1n) is 9.84. The molecule has 9 heteroatoms. The van der Waals surface area contributed by atoms with Gasteiger partial charge in [-0.2, -0.15) is 0 Å². The van der Waals surface area contributed by atoms with E-state index >= 15 is 0 Å². The summed E-state index contributed by atoms with van der Waals surface area (Å²) >= 11 is 0. The molecule has 0 heterocycles. The highest BCUT2D eigenvalue weighted by Crippen LogP contribution is 2.27. The van der Waals surface area contributed by atoms with Crippen LogP contribution >= 0.6 is 0 Å². The number of rotatable bonds is 9. The molecule has 2 aromatic rings. The number of benzene rings is 2. The average molecular weight is 449 g/mol. The lowest BCUT2D eigenvalue weighted by molar-refractivity contribution is -0.117. The lowest BCUT2D eigenvalue weighted by Gasteiger charge is -2.30. The molecule has 1 amide bonds. The summed E-state index contributed by atoms with van der Waals surface area (Å²) in [5.41, 5.74) is 1.75. The molecule has 0 aliphatic heterocycles. The summed E-state index contributed by atoms with van der Waals surface area (Å²) in [6.45, 7) is 5.45. The van der Waals surface area contributed by atoms with Gasteiger partial charge in [-0.1, -0.05) is 19.1 Å². The summed E-state index contributed by atoms with van der Waals surface area (Å²) in [7, 11) is -2.31. The summed E-state index contributed by atoms with van der Waals surface area (Å²) < 4.78 is 36.5. The third-order valence-electron chi connectivity index (χ3n) is 4.64. The Kier molecular flexibility index (Phi) is 8.04. The van der Waals surface area contributed by atoms with Crippen molar-refractivity contribution in [2.75, 3.05) is 29.6 Å². The number of nitrogens with one attached hydrogen (secondary N) is 1. The predicted molar refractivity (Wildman–Crippen MR) is 120 cm³/mol. The van der Waals surface area contributed by atoms with Gasteiger partial charge >= 0.3 is 5.97 Å². The van der Waals surface area contributed by atoms with Crippen LogP contribution in [0.15, 0.2) is 42.5 Å². The van der Waals surface area contributed by atoms with Crippen LogP contribution in [0.1, 0.15) is 36.2 Å². The molecule has 0 saturated carbocycles. The number of nitrogens with zero attached hydrogens (tertiary/aromatic N) is 1. The number of amides is 1. The SMILES string of the molecule is CCOC(=O)c1ccc(C)c(NC(=O)C(CC)N(c2cccc(OC)c2)S(C)(=O)=O)c1. The molecule has 2 aromatic carbocycles. The molecule has 1 N–H and O–H groups in total. The fraction of sp³-hybridized carbons (Fsp3) is 0.364. The average Bonchev–Trinajstić information content (AvgIpc) is 2.72. The van der Waals surface area contributed by atoms with E-state index in [1.54, 1.807) is 57.2 Å². The van der Waals surface area contributed by atoms with Gasteiger partial charge in [0.1, 0.15) is 11.8 Å². The fourth-order valence-electron chi connectivity index (χ4n) is 3.12. The third kappa shape index (κ3) is 5.97. The molecule has 0 spiro atoms. The largest absolute Gasteiger partial charge is 0.497 e. The van der Waals surface area contributed by atoms with Crippen LogP contribution < -0.4 is 14.4 Å². The summed E-state index contributed by atoms with van der Waals surface area (Å²) in [6, 6.07) is 10.3. The van der Waals surface area contributed by atoms with Gasteiger partial charge in [-0.25, -0.2) is 13.2 Å². The molecular weight excluding hydrogens is 420 g/mol. The second-order valence-electron chi connectivity index (χ2n) is 6.92. The van der Waals surface area contributed by atoms with Crippen LogP contribution in [0.4, 0.5) is 11.4 Å². The second kappa shape index (κ2) is 10.3. The Hall–Kier alpha value is -3.07. The molecule has 0 saturated heterocycles. The van der Waals surface area contributed by atoms with E-state index in [-0.39, 0.29) is 13.0 Å². The minimum atomic E-state index is -3.79. The Morgan fingerprint density at radius 2 is 1.84 bits per heavy atom. The Labute approximate surface area is 183 Å². The van der Waals surface area contributed by atoms with Crippen LogP contribution in [0.25, 0.3) is 0 Å². The number of carbonyl (C=O) groups excluding carboxylic acids is 2. The van der Waals surface area contributed by atoms with Crippen LogP contribution in [0.5, 0.6) is 5.75 Å². The number of anilines is 2. The van der Waals surface area contributed by atoms with Crippen molar-refractivity contribution in [2.45, 2.75) is 33.2 Å². The first-order chi connectivity index (χ1) is 14.6. The number of esters is 1. The van der Waals surface area contributed by atoms with E-state index in [1.807, 2.05) is 0 Å². The minimum absolute atomic E-state index is 0.229. The smallest absolute Gasteiger partial charge is 0.338 e. The van der Waals surface area contributed by atoms with Gasteiger partial charge in [0.05, 0.1) is 31.2 Å². The van der Waals surface area contributed by atoms with Crippen molar-refractivity contribution >= 4 is 33.3 Å². The zero-order chi connectivity index (χ0) is 23.2. The first-order valence-corrected chi connectivity index (χ1v) is 11.7. The van der Waals surface area contributed by atoms with Gasteiger partial charge in [0.2, 0.25) is 15.9 Å². The molecular formula is C22H28N2O6S. The van der Waals surface area contributed by atoms with Crippen molar-refractivity contribution in [3.63, 3.8) is 0 Å². The van der Waals surface area contributed by atoms with Crippen LogP contribution in [0.2, 0.25) is 0 Å².